The lowest BCUT2D eigenvalue weighted by Crippen LogP contribution is -2.70. The van der Waals surface area contributed by atoms with Gasteiger partial charge < -0.3 is 20.3 Å². The number of carboxylic acids is 1. The van der Waals surface area contributed by atoms with Crippen LogP contribution in [0.3, 0.4) is 0 Å². The van der Waals surface area contributed by atoms with Crippen LogP contribution in [0.2, 0.25) is 0 Å². The Kier molecular flexibility index (Phi) is 8.52. The predicted octanol–water partition coefficient (Wildman–Crippen LogP) is 4.29. The number of imidazole rings is 1. The number of sulfonamides is 1. The molecule has 0 aliphatic carbocycles. The third-order valence-corrected chi connectivity index (χ3v) is 9.13. The van der Waals surface area contributed by atoms with E-state index in [1.165, 1.54) is 12.4 Å². The molecule has 1 atom stereocenters. The number of hydrogen-bond donors (Lipinski definition) is 5. The van der Waals surface area contributed by atoms with Gasteiger partial charge in [0.15, 0.2) is 5.95 Å². The van der Waals surface area contributed by atoms with E-state index in [0.29, 0.717) is 28.5 Å². The van der Waals surface area contributed by atoms with E-state index in [9.17, 15) is 23.1 Å². The van der Waals surface area contributed by atoms with E-state index in [0.717, 1.165) is 16.0 Å². The van der Waals surface area contributed by atoms with Crippen molar-refractivity contribution in [1.82, 2.24) is 29.8 Å². The number of nitrogens with one attached hydrogen (secondary N) is 4. The van der Waals surface area contributed by atoms with Crippen LogP contribution in [0.4, 0.5) is 5.95 Å². The maximum atomic E-state index is 14.2. The van der Waals surface area contributed by atoms with Gasteiger partial charge in [0.1, 0.15) is 0 Å². The van der Waals surface area contributed by atoms with Crippen molar-refractivity contribution >= 4 is 38.8 Å². The van der Waals surface area contributed by atoms with Crippen LogP contribution in [0.15, 0.2) is 84.1 Å². The molecule has 0 saturated heterocycles. The highest BCUT2D eigenvalue weighted by atomic mass is 32.2. The van der Waals surface area contributed by atoms with Gasteiger partial charge in [-0.2, -0.15) is 9.82 Å². The fourth-order valence-electron chi connectivity index (χ4n) is 5.36. The molecule has 0 saturated carbocycles. The van der Waals surface area contributed by atoms with Crippen molar-refractivity contribution in [2.24, 2.45) is 0 Å². The summed E-state index contributed by atoms with van der Waals surface area (Å²) in [6, 6.07) is 17.8. The molecule has 2 aromatic heterocycles. The molecule has 0 radical (unpaired) electrons. The molecular weight excluding hydrogens is 582 g/mol. The lowest BCUT2D eigenvalue weighted by atomic mass is 10.0. The number of anilines is 1. The first-order valence-electron chi connectivity index (χ1n) is 14.0. The Bertz CT molecular complexity index is 1880. The molecular formula is C31H33N7O5S. The number of carbonyl (C=O) groups excluding carboxylic acids is 1. The van der Waals surface area contributed by atoms with E-state index in [4.69, 9.17) is 0 Å². The number of benzene rings is 3. The van der Waals surface area contributed by atoms with Crippen molar-refractivity contribution in [2.75, 3.05) is 18.4 Å². The molecule has 0 aliphatic rings. The number of nitrogens with zero attached hydrogens (tertiary/aromatic N) is 3. The first kappa shape index (κ1) is 30.4. The van der Waals surface area contributed by atoms with Gasteiger partial charge in [0.2, 0.25) is 15.7 Å². The van der Waals surface area contributed by atoms with Crippen molar-refractivity contribution in [1.29, 1.82) is 0 Å². The van der Waals surface area contributed by atoms with Gasteiger partial charge in [0.25, 0.3) is 5.91 Å². The predicted molar refractivity (Wildman–Crippen MR) is 167 cm³/mol. The fraction of sp³-hybridized carbons (Fsp3) is 0.226. The Labute approximate surface area is 254 Å². The molecule has 0 fully saturated rings. The number of carboxylic acid groups (broad SMARTS) is 1. The van der Waals surface area contributed by atoms with Gasteiger partial charge >= 0.3 is 5.97 Å². The third kappa shape index (κ3) is 5.92. The van der Waals surface area contributed by atoms with E-state index in [2.05, 4.69) is 30.2 Å². The summed E-state index contributed by atoms with van der Waals surface area (Å²) in [7, 11) is -4.53. The van der Waals surface area contributed by atoms with Gasteiger partial charge in [-0.05, 0) is 60.7 Å². The normalized spacial score (nSPS) is 13.0. The van der Waals surface area contributed by atoms with Crippen LogP contribution in [-0.4, -0.2) is 69.2 Å². The van der Waals surface area contributed by atoms with Crippen LogP contribution in [-0.2, 0) is 14.8 Å². The van der Waals surface area contributed by atoms with Gasteiger partial charge in [0, 0.05) is 29.9 Å². The molecule has 5 rings (SSSR count). The Morgan fingerprint density at radius 3 is 2.39 bits per heavy atom. The van der Waals surface area contributed by atoms with Gasteiger partial charge in [0.05, 0.1) is 23.2 Å². The molecule has 5 N–H and O–H groups in total. The number of aryl methyl sites for hydroxylation is 2. The van der Waals surface area contributed by atoms with Crippen LogP contribution >= 0.6 is 0 Å². The summed E-state index contributed by atoms with van der Waals surface area (Å²) >= 11 is 0. The molecule has 5 aromatic rings. The monoisotopic (exact) mass is 615 g/mol. The van der Waals surface area contributed by atoms with E-state index in [1.807, 2.05) is 30.3 Å². The number of H-pyrrole nitrogens is 2. The first-order chi connectivity index (χ1) is 21.1. The average molecular weight is 616 g/mol. The number of aromatic amines is 2. The molecule has 0 spiro atoms. The van der Waals surface area contributed by atoms with Crippen molar-refractivity contribution in [2.45, 2.75) is 37.8 Å². The minimum atomic E-state index is -4.53. The Hall–Kier alpha value is -5.01. The fourth-order valence-corrected chi connectivity index (χ4v) is 7.14. The highest BCUT2D eigenvalue weighted by molar-refractivity contribution is 7.89. The Balaban J connectivity index is 1.61. The summed E-state index contributed by atoms with van der Waals surface area (Å²) in [6.07, 6.45) is 4.89. The van der Waals surface area contributed by atoms with E-state index in [-0.39, 0.29) is 23.0 Å². The van der Waals surface area contributed by atoms with Gasteiger partial charge in [-0.25, -0.2) is 18.2 Å². The van der Waals surface area contributed by atoms with Crippen LogP contribution < -0.4 is 10.0 Å². The van der Waals surface area contributed by atoms with E-state index >= 15 is 0 Å². The summed E-state index contributed by atoms with van der Waals surface area (Å²) in [5.41, 5.74) is 0.990. The topological polar surface area (TPSA) is 173 Å². The minimum Gasteiger partial charge on any atom is -0.478 e. The summed E-state index contributed by atoms with van der Waals surface area (Å²) in [4.78, 5) is 35.3. The number of aromatic nitrogens is 4. The molecule has 0 aliphatic heterocycles. The second-order valence-corrected chi connectivity index (χ2v) is 12.1. The zero-order valence-corrected chi connectivity index (χ0v) is 25.3. The number of rotatable bonds is 12. The zero-order valence-electron chi connectivity index (χ0n) is 24.5. The highest BCUT2D eigenvalue weighted by Gasteiger charge is 2.50. The van der Waals surface area contributed by atoms with E-state index < -0.39 is 34.1 Å². The molecule has 2 heterocycles. The summed E-state index contributed by atoms with van der Waals surface area (Å²) in [5.74, 6) is -2.03. The van der Waals surface area contributed by atoms with Crippen LogP contribution in [0.5, 0.6) is 0 Å². The van der Waals surface area contributed by atoms with Crippen molar-refractivity contribution in [3.05, 3.63) is 95.9 Å². The average Bonchev–Trinajstić information content (AvgIpc) is 3.69. The molecule has 1 amide bonds. The van der Waals surface area contributed by atoms with Crippen LogP contribution in [0.1, 0.15) is 34.8 Å². The van der Waals surface area contributed by atoms with Gasteiger partial charge in [-0.15, -0.1) is 0 Å². The molecule has 13 heteroatoms. The number of carbonyl (C=O) groups is 2. The standard InChI is InChI=1S/C31H33N7O5S/c1-4-14-38(28(39)23-10-11-26-25(17-23)18-35-36-26)31(29(40)41,19-34-30-32-12-13-33-30)37-44(42,43)27-20(2)15-24(16-21(27)3)22-8-6-5-7-9-22/h5-13,15-18,37H,4,14,19H2,1-3H3,(H,35,36)(H,40,41)(H2,32,33,34)/t31-/m1/s1. The van der Waals surface area contributed by atoms with E-state index in [1.54, 1.807) is 57.3 Å². The van der Waals surface area contributed by atoms with Crippen molar-refractivity contribution in [3.63, 3.8) is 0 Å². The molecule has 44 heavy (non-hydrogen) atoms. The SMILES string of the molecule is CCCN(C(=O)c1ccc2[nH]ncc2c1)[C@@](CNc1ncc[nH]1)(NS(=O)(=O)c1c(C)cc(-c2ccccc2)cc1C)C(=O)O. The van der Waals surface area contributed by atoms with Crippen molar-refractivity contribution < 1.29 is 23.1 Å². The summed E-state index contributed by atoms with van der Waals surface area (Å²) < 4.78 is 30.9. The second-order valence-electron chi connectivity index (χ2n) is 10.5. The molecule has 228 valence electrons. The van der Waals surface area contributed by atoms with Crippen LogP contribution in [0.25, 0.3) is 22.0 Å². The maximum Gasteiger partial charge on any atom is 0.347 e. The number of aliphatic carboxylic acids is 1. The lowest BCUT2D eigenvalue weighted by Gasteiger charge is -2.41. The molecule has 3 aromatic carbocycles. The number of hydrogen-bond acceptors (Lipinski definition) is 7. The quantitative estimate of drug-likeness (QED) is 0.129. The summed E-state index contributed by atoms with van der Waals surface area (Å²) in [5, 5.41) is 21.1. The number of amides is 1. The third-order valence-electron chi connectivity index (χ3n) is 7.34. The summed E-state index contributed by atoms with van der Waals surface area (Å²) in [6.45, 7) is 4.49. The van der Waals surface area contributed by atoms with Gasteiger partial charge in [-0.1, -0.05) is 49.4 Å². The first-order valence-corrected chi connectivity index (χ1v) is 15.5. The van der Waals surface area contributed by atoms with Crippen molar-refractivity contribution in [3.8, 4) is 11.1 Å². The zero-order chi connectivity index (χ0) is 31.5. The van der Waals surface area contributed by atoms with Gasteiger partial charge in [-0.3, -0.25) is 9.89 Å². The smallest absolute Gasteiger partial charge is 0.347 e. The molecule has 0 bridgehead atoms. The second kappa shape index (κ2) is 12.3. The Morgan fingerprint density at radius 1 is 1.02 bits per heavy atom. The molecule has 0 unspecified atom stereocenters. The van der Waals surface area contributed by atoms with Crippen LogP contribution in [0, 0.1) is 13.8 Å². The molecule has 12 nitrogen and oxygen atoms in total. The highest BCUT2D eigenvalue weighted by Crippen LogP contribution is 2.30. The largest absolute Gasteiger partial charge is 0.478 e. The number of fused-ring (bicyclic) bond motifs is 1. The Morgan fingerprint density at radius 2 is 1.75 bits per heavy atom. The maximum absolute atomic E-state index is 14.2. The lowest BCUT2D eigenvalue weighted by molar-refractivity contribution is -0.150. The minimum absolute atomic E-state index is 0.0653.